The highest BCUT2D eigenvalue weighted by molar-refractivity contribution is 6.36. The van der Waals surface area contributed by atoms with Crippen LogP contribution < -0.4 is 5.32 Å². The first-order valence-electron chi connectivity index (χ1n) is 7.22. The monoisotopic (exact) mass is 351 g/mol. The molecule has 0 atom stereocenters. The zero-order chi connectivity index (χ0) is 18.4. The number of benzene rings is 1. The van der Waals surface area contributed by atoms with Gasteiger partial charge in [-0.05, 0) is 18.6 Å². The molecule has 1 amide bonds. The van der Waals surface area contributed by atoms with Crippen molar-refractivity contribution < 1.29 is 18.0 Å². The summed E-state index contributed by atoms with van der Waals surface area (Å²) in [5, 5.41) is 6.12. The number of aryl methyl sites for hydroxylation is 2. The third kappa shape index (κ3) is 4.86. The molecular formula is C15H21ClF3N3O. The van der Waals surface area contributed by atoms with Gasteiger partial charge in [0.2, 0.25) is 0 Å². The van der Waals surface area contributed by atoms with Gasteiger partial charge in [0.25, 0.3) is 0 Å². The molecule has 2 rings (SSSR count). The topological polar surface area (TPSA) is 46.9 Å². The van der Waals surface area contributed by atoms with Crippen LogP contribution in [0.2, 0.25) is 5.02 Å². The van der Waals surface area contributed by atoms with E-state index in [0.717, 1.165) is 5.56 Å². The Labute approximate surface area is 138 Å². The molecule has 0 saturated carbocycles. The zero-order valence-electron chi connectivity index (χ0n) is 14.0. The van der Waals surface area contributed by atoms with Gasteiger partial charge in [0.1, 0.15) is 0 Å². The average molecular weight is 352 g/mol. The first-order chi connectivity index (χ1) is 10.7. The number of carbonyl (C=O) groups excluding carboxylic acids is 1. The summed E-state index contributed by atoms with van der Waals surface area (Å²) in [6.45, 7) is 9.77. The van der Waals surface area contributed by atoms with E-state index in [2.05, 4.69) is 5.10 Å². The lowest BCUT2D eigenvalue weighted by Crippen LogP contribution is -2.30. The van der Waals surface area contributed by atoms with Gasteiger partial charge in [0.05, 0.1) is 15.9 Å². The van der Waals surface area contributed by atoms with Crippen molar-refractivity contribution in [3.63, 3.8) is 0 Å². The highest BCUT2D eigenvalue weighted by Gasteiger charge is 2.39. The summed E-state index contributed by atoms with van der Waals surface area (Å²) in [5.74, 6) is -2.28. The van der Waals surface area contributed by atoms with Crippen LogP contribution in [0.15, 0.2) is 12.1 Å². The van der Waals surface area contributed by atoms with Gasteiger partial charge in [0, 0.05) is 7.05 Å². The Balaban J connectivity index is 0.00000112. The van der Waals surface area contributed by atoms with E-state index in [4.69, 9.17) is 11.6 Å². The lowest BCUT2D eigenvalue weighted by Gasteiger charge is -2.06. The quantitative estimate of drug-likeness (QED) is 0.778. The molecule has 23 heavy (non-hydrogen) atoms. The van der Waals surface area contributed by atoms with Gasteiger partial charge in [0.15, 0.2) is 5.82 Å². The molecule has 0 unspecified atom stereocenters. The van der Waals surface area contributed by atoms with E-state index in [9.17, 15) is 18.0 Å². The summed E-state index contributed by atoms with van der Waals surface area (Å²) < 4.78 is 38.1. The van der Waals surface area contributed by atoms with Crippen LogP contribution in [0.25, 0.3) is 10.9 Å². The number of nitrogens with zero attached hydrogens (tertiary/aromatic N) is 2. The zero-order valence-corrected chi connectivity index (χ0v) is 14.7. The smallest absolute Gasteiger partial charge is 0.301 e. The van der Waals surface area contributed by atoms with E-state index in [-0.39, 0.29) is 10.8 Å². The molecule has 1 aromatic carbocycles. The summed E-state index contributed by atoms with van der Waals surface area (Å²) in [6, 6.07) is 3.27. The molecular weight excluding hydrogens is 331 g/mol. The summed E-state index contributed by atoms with van der Waals surface area (Å²) in [7, 11) is 1.56. The molecule has 0 aliphatic rings. The molecule has 0 aliphatic heterocycles. The third-order valence-electron chi connectivity index (χ3n) is 2.63. The molecule has 4 nitrogen and oxygen atoms in total. The van der Waals surface area contributed by atoms with Crippen molar-refractivity contribution >= 4 is 34.2 Å². The fourth-order valence-electron chi connectivity index (χ4n) is 1.83. The van der Waals surface area contributed by atoms with E-state index in [0.29, 0.717) is 10.9 Å². The lowest BCUT2D eigenvalue weighted by molar-refractivity contribution is -0.167. The number of anilines is 1. The minimum atomic E-state index is -4.97. The van der Waals surface area contributed by atoms with E-state index in [1.165, 1.54) is 4.68 Å². The molecule has 0 radical (unpaired) electrons. The molecule has 130 valence electrons. The van der Waals surface area contributed by atoms with Gasteiger partial charge >= 0.3 is 12.1 Å². The first kappa shape index (κ1) is 21.2. The molecule has 8 heteroatoms. The largest absolute Gasteiger partial charge is 0.471 e. The fourth-order valence-corrected chi connectivity index (χ4v) is 2.07. The highest BCUT2D eigenvalue weighted by atomic mass is 35.5. The minimum absolute atomic E-state index is 0.200. The van der Waals surface area contributed by atoms with Gasteiger partial charge in [-0.3, -0.25) is 9.48 Å². The van der Waals surface area contributed by atoms with Crippen molar-refractivity contribution in [3.05, 3.63) is 22.7 Å². The van der Waals surface area contributed by atoms with Crippen LogP contribution in [-0.4, -0.2) is 21.9 Å². The number of hydrogen-bond donors (Lipinski definition) is 1. The lowest BCUT2D eigenvalue weighted by atomic mass is 10.1. The number of aromatic nitrogens is 2. The summed E-state index contributed by atoms with van der Waals surface area (Å²) in [5.41, 5.74) is 1.37. The van der Waals surface area contributed by atoms with E-state index < -0.39 is 12.1 Å². The molecule has 0 saturated heterocycles. The van der Waals surface area contributed by atoms with Crippen molar-refractivity contribution in [2.45, 2.75) is 40.8 Å². The van der Waals surface area contributed by atoms with Crippen LogP contribution >= 0.6 is 11.6 Å². The number of hydrogen-bond acceptors (Lipinski definition) is 2. The van der Waals surface area contributed by atoms with Crippen LogP contribution in [0.5, 0.6) is 0 Å². The average Bonchev–Trinajstić information content (AvgIpc) is 2.84. The predicted molar refractivity (Wildman–Crippen MR) is 87.8 cm³/mol. The SMILES string of the molecule is CC.CC.Cc1ccc(Cl)c2c(NC(=O)C(F)(F)F)nn(C)c12. The number of fused-ring (bicyclic) bond motifs is 1. The predicted octanol–water partition coefficient (Wildman–Crippen LogP) is 5.09. The number of alkyl halides is 3. The Morgan fingerprint density at radius 3 is 2.22 bits per heavy atom. The highest BCUT2D eigenvalue weighted by Crippen LogP contribution is 2.32. The van der Waals surface area contributed by atoms with E-state index in [1.807, 2.05) is 27.7 Å². The second kappa shape index (κ2) is 8.76. The molecule has 1 aromatic heterocycles. The van der Waals surface area contributed by atoms with Gasteiger partial charge in [-0.25, -0.2) is 0 Å². The van der Waals surface area contributed by atoms with Crippen molar-refractivity contribution in [3.8, 4) is 0 Å². The van der Waals surface area contributed by atoms with Crippen LogP contribution in [0, 0.1) is 6.92 Å². The van der Waals surface area contributed by atoms with Crippen molar-refractivity contribution in [1.29, 1.82) is 0 Å². The molecule has 0 spiro atoms. The second-order valence-corrected chi connectivity index (χ2v) is 4.42. The fraction of sp³-hybridized carbons (Fsp3) is 0.467. The minimum Gasteiger partial charge on any atom is -0.301 e. The van der Waals surface area contributed by atoms with Gasteiger partial charge in [-0.2, -0.15) is 18.3 Å². The molecule has 0 aliphatic carbocycles. The number of halogens is 4. The molecule has 2 aromatic rings. The van der Waals surface area contributed by atoms with Gasteiger partial charge in [-0.15, -0.1) is 0 Å². The standard InChI is InChI=1S/C11H9ClF3N3O.2C2H6/c1-5-3-4-6(12)7-8(5)18(2)17-9(7)16-10(19)11(13,14)15;2*1-2/h3-4H,1-2H3,(H,16,17,19);2*1-2H3. The maximum atomic E-state index is 12.2. The van der Waals surface area contributed by atoms with Gasteiger partial charge < -0.3 is 5.32 Å². The number of carbonyl (C=O) groups is 1. The van der Waals surface area contributed by atoms with Crippen molar-refractivity contribution in [2.75, 3.05) is 5.32 Å². The normalized spacial score (nSPS) is 10.3. The number of amides is 1. The van der Waals surface area contributed by atoms with Crippen molar-refractivity contribution in [1.82, 2.24) is 9.78 Å². The van der Waals surface area contributed by atoms with Crippen molar-refractivity contribution in [2.24, 2.45) is 7.05 Å². The maximum absolute atomic E-state index is 12.2. The Morgan fingerprint density at radius 2 is 1.74 bits per heavy atom. The maximum Gasteiger partial charge on any atom is 0.471 e. The van der Waals surface area contributed by atoms with E-state index >= 15 is 0 Å². The van der Waals surface area contributed by atoms with E-state index in [1.54, 1.807) is 31.4 Å². The molecule has 1 N–H and O–H groups in total. The first-order valence-corrected chi connectivity index (χ1v) is 7.59. The summed E-state index contributed by atoms with van der Waals surface area (Å²) in [4.78, 5) is 11.0. The number of nitrogens with one attached hydrogen (secondary N) is 1. The van der Waals surface area contributed by atoms with Crippen LogP contribution in [0.3, 0.4) is 0 Å². The third-order valence-corrected chi connectivity index (χ3v) is 2.94. The summed E-state index contributed by atoms with van der Waals surface area (Å²) >= 11 is 5.96. The second-order valence-electron chi connectivity index (χ2n) is 4.01. The summed E-state index contributed by atoms with van der Waals surface area (Å²) in [6.07, 6.45) is -4.97. The Hall–Kier alpha value is -1.76. The molecule has 0 bridgehead atoms. The van der Waals surface area contributed by atoms with Crippen LogP contribution in [-0.2, 0) is 11.8 Å². The Bertz CT molecular complexity index is 666. The van der Waals surface area contributed by atoms with Gasteiger partial charge in [-0.1, -0.05) is 45.4 Å². The Morgan fingerprint density at radius 1 is 1.22 bits per heavy atom. The van der Waals surface area contributed by atoms with Crippen LogP contribution in [0.4, 0.5) is 19.0 Å². The number of rotatable bonds is 1. The Kier molecular flexibility index (Phi) is 8.09. The van der Waals surface area contributed by atoms with Crippen LogP contribution in [0.1, 0.15) is 33.3 Å². The molecule has 0 fully saturated rings. The molecule has 1 heterocycles.